The number of aliphatic hydroxyl groups excluding tert-OH is 1. The summed E-state index contributed by atoms with van der Waals surface area (Å²) in [6, 6.07) is 0. The van der Waals surface area contributed by atoms with Crippen LogP contribution in [-0.4, -0.2) is 46.3 Å². The minimum atomic E-state index is -1.34. The summed E-state index contributed by atoms with van der Waals surface area (Å²) < 4.78 is 0. The summed E-state index contributed by atoms with van der Waals surface area (Å²) in [5.74, 6) is -0.330. The molecule has 0 unspecified atom stereocenters. The van der Waals surface area contributed by atoms with E-state index < -0.39 is 5.60 Å². The molecular formula is C9H19NO3. The Morgan fingerprint density at radius 1 is 1.38 bits per heavy atom. The van der Waals surface area contributed by atoms with Crippen LogP contribution in [0.5, 0.6) is 0 Å². The molecule has 0 aromatic rings. The van der Waals surface area contributed by atoms with Gasteiger partial charge in [0.05, 0.1) is 6.61 Å². The van der Waals surface area contributed by atoms with Gasteiger partial charge in [0.15, 0.2) is 0 Å². The van der Waals surface area contributed by atoms with E-state index in [9.17, 15) is 9.90 Å². The van der Waals surface area contributed by atoms with Crippen molar-refractivity contribution >= 4 is 5.91 Å². The van der Waals surface area contributed by atoms with Gasteiger partial charge >= 0.3 is 0 Å². The summed E-state index contributed by atoms with van der Waals surface area (Å²) in [7, 11) is 0. The molecule has 0 heterocycles. The molecule has 0 aliphatic carbocycles. The second kappa shape index (κ2) is 5.19. The Labute approximate surface area is 79.2 Å². The molecule has 0 radical (unpaired) electrons. The van der Waals surface area contributed by atoms with Crippen LogP contribution in [0.2, 0.25) is 0 Å². The highest BCUT2D eigenvalue weighted by atomic mass is 16.3. The molecule has 0 saturated heterocycles. The van der Waals surface area contributed by atoms with Crippen molar-refractivity contribution in [2.24, 2.45) is 0 Å². The van der Waals surface area contributed by atoms with Crippen molar-refractivity contribution < 1.29 is 15.0 Å². The minimum Gasteiger partial charge on any atom is -0.395 e. The van der Waals surface area contributed by atoms with Crippen LogP contribution in [-0.2, 0) is 4.79 Å². The average Bonchev–Trinajstić information content (AvgIpc) is 2.01. The summed E-state index contributed by atoms with van der Waals surface area (Å²) in [4.78, 5) is 13.0. The van der Waals surface area contributed by atoms with E-state index in [4.69, 9.17) is 5.11 Å². The van der Waals surface area contributed by atoms with E-state index >= 15 is 0 Å². The lowest BCUT2D eigenvalue weighted by Gasteiger charge is -2.27. The summed E-state index contributed by atoms with van der Waals surface area (Å²) in [6.07, 6.45) is 0.821. The first kappa shape index (κ1) is 12.4. The maximum absolute atomic E-state index is 11.5. The van der Waals surface area contributed by atoms with Crippen LogP contribution in [0.25, 0.3) is 0 Å². The molecule has 0 aromatic heterocycles. The minimum absolute atomic E-state index is 0.0676. The zero-order chi connectivity index (χ0) is 10.5. The molecule has 1 amide bonds. The number of hydrogen-bond acceptors (Lipinski definition) is 3. The van der Waals surface area contributed by atoms with E-state index in [0.717, 1.165) is 6.42 Å². The Bertz CT molecular complexity index is 157. The van der Waals surface area contributed by atoms with Crippen LogP contribution in [0, 0.1) is 0 Å². The van der Waals surface area contributed by atoms with Gasteiger partial charge in [-0.2, -0.15) is 0 Å². The fraction of sp³-hybridized carbons (Fsp3) is 0.889. The van der Waals surface area contributed by atoms with Crippen molar-refractivity contribution in [2.45, 2.75) is 32.8 Å². The molecule has 13 heavy (non-hydrogen) atoms. The second-order valence-corrected chi connectivity index (χ2v) is 3.57. The second-order valence-electron chi connectivity index (χ2n) is 3.57. The normalized spacial score (nSPS) is 11.5. The van der Waals surface area contributed by atoms with Crippen molar-refractivity contribution in [3.05, 3.63) is 0 Å². The third kappa shape index (κ3) is 4.24. The quantitative estimate of drug-likeness (QED) is 0.639. The molecule has 0 atom stereocenters. The van der Waals surface area contributed by atoms with Gasteiger partial charge in [-0.1, -0.05) is 6.92 Å². The van der Waals surface area contributed by atoms with Crippen molar-refractivity contribution in [3.8, 4) is 0 Å². The maximum atomic E-state index is 11.5. The van der Waals surface area contributed by atoms with E-state index in [0.29, 0.717) is 6.54 Å². The first-order valence-electron chi connectivity index (χ1n) is 4.56. The molecule has 0 aromatic carbocycles. The number of amides is 1. The number of rotatable bonds is 5. The van der Waals surface area contributed by atoms with Gasteiger partial charge in [-0.05, 0) is 20.3 Å². The molecule has 0 saturated carbocycles. The van der Waals surface area contributed by atoms with Crippen LogP contribution in [0.3, 0.4) is 0 Å². The topological polar surface area (TPSA) is 60.8 Å². The molecule has 0 aliphatic rings. The molecule has 4 nitrogen and oxygen atoms in total. The van der Waals surface area contributed by atoms with Crippen molar-refractivity contribution in [2.75, 3.05) is 19.7 Å². The lowest BCUT2D eigenvalue weighted by molar-refractivity contribution is -0.148. The van der Waals surface area contributed by atoms with Gasteiger partial charge in [-0.15, -0.1) is 0 Å². The highest BCUT2D eigenvalue weighted by Gasteiger charge is 2.28. The Balaban J connectivity index is 4.27. The fourth-order valence-corrected chi connectivity index (χ4v) is 1.09. The summed E-state index contributed by atoms with van der Waals surface area (Å²) in [6.45, 7) is 5.65. The molecule has 0 bridgehead atoms. The van der Waals surface area contributed by atoms with E-state index in [1.165, 1.54) is 18.7 Å². The van der Waals surface area contributed by atoms with Crippen molar-refractivity contribution in [1.82, 2.24) is 4.90 Å². The highest BCUT2D eigenvalue weighted by molar-refractivity contribution is 5.84. The molecule has 2 N–H and O–H groups in total. The number of nitrogens with zero attached hydrogens (tertiary/aromatic N) is 1. The van der Waals surface area contributed by atoms with Crippen LogP contribution >= 0.6 is 0 Å². The van der Waals surface area contributed by atoms with Gasteiger partial charge < -0.3 is 15.1 Å². The molecule has 4 heteroatoms. The largest absolute Gasteiger partial charge is 0.395 e. The molecular weight excluding hydrogens is 170 g/mol. The van der Waals surface area contributed by atoms with Gasteiger partial charge in [0, 0.05) is 13.1 Å². The number of aliphatic hydroxyl groups is 2. The van der Waals surface area contributed by atoms with Gasteiger partial charge in [-0.25, -0.2) is 0 Å². The average molecular weight is 189 g/mol. The van der Waals surface area contributed by atoms with Gasteiger partial charge in [0.25, 0.3) is 5.91 Å². The standard InChI is InChI=1S/C9H19NO3/c1-4-5-10(6-7-11)8(12)9(2,3)13/h11,13H,4-7H2,1-3H3. The zero-order valence-corrected chi connectivity index (χ0v) is 8.58. The van der Waals surface area contributed by atoms with Gasteiger partial charge in [-0.3, -0.25) is 4.79 Å². The van der Waals surface area contributed by atoms with E-state index in [1.807, 2.05) is 6.92 Å². The first-order chi connectivity index (χ1) is 5.93. The molecule has 0 rings (SSSR count). The van der Waals surface area contributed by atoms with Crippen LogP contribution < -0.4 is 0 Å². The third-order valence-electron chi connectivity index (χ3n) is 1.67. The smallest absolute Gasteiger partial charge is 0.254 e. The molecule has 78 valence electrons. The number of hydrogen-bond donors (Lipinski definition) is 2. The Kier molecular flexibility index (Phi) is 4.95. The summed E-state index contributed by atoms with van der Waals surface area (Å²) >= 11 is 0. The van der Waals surface area contributed by atoms with Gasteiger partial charge in [0.2, 0.25) is 0 Å². The maximum Gasteiger partial charge on any atom is 0.254 e. The summed E-state index contributed by atoms with van der Waals surface area (Å²) in [5, 5.41) is 18.1. The van der Waals surface area contributed by atoms with Crippen molar-refractivity contribution in [3.63, 3.8) is 0 Å². The highest BCUT2D eigenvalue weighted by Crippen LogP contribution is 2.07. The van der Waals surface area contributed by atoms with Crippen molar-refractivity contribution in [1.29, 1.82) is 0 Å². The van der Waals surface area contributed by atoms with Crippen LogP contribution in [0.1, 0.15) is 27.2 Å². The molecule has 0 fully saturated rings. The Hall–Kier alpha value is -0.610. The predicted molar refractivity (Wildman–Crippen MR) is 50.3 cm³/mol. The SMILES string of the molecule is CCCN(CCO)C(=O)C(C)(C)O. The Morgan fingerprint density at radius 3 is 2.23 bits per heavy atom. The zero-order valence-electron chi connectivity index (χ0n) is 8.58. The molecule has 0 spiro atoms. The van der Waals surface area contributed by atoms with Gasteiger partial charge in [0.1, 0.15) is 5.60 Å². The monoisotopic (exact) mass is 189 g/mol. The number of carbonyl (C=O) groups excluding carboxylic acids is 1. The predicted octanol–water partition coefficient (Wildman–Crippen LogP) is -0.0118. The lowest BCUT2D eigenvalue weighted by Crippen LogP contribution is -2.46. The number of carbonyl (C=O) groups is 1. The van der Waals surface area contributed by atoms with E-state index in [1.54, 1.807) is 0 Å². The lowest BCUT2D eigenvalue weighted by atomic mass is 10.1. The first-order valence-corrected chi connectivity index (χ1v) is 4.56. The van der Waals surface area contributed by atoms with Crippen LogP contribution in [0.4, 0.5) is 0 Å². The third-order valence-corrected chi connectivity index (χ3v) is 1.67. The fourth-order valence-electron chi connectivity index (χ4n) is 1.09. The van der Waals surface area contributed by atoms with Crippen LogP contribution in [0.15, 0.2) is 0 Å². The van der Waals surface area contributed by atoms with E-state index in [-0.39, 0.29) is 19.1 Å². The summed E-state index contributed by atoms with van der Waals surface area (Å²) in [5.41, 5.74) is -1.34. The molecule has 0 aliphatic heterocycles. The Morgan fingerprint density at radius 2 is 1.92 bits per heavy atom. The van der Waals surface area contributed by atoms with E-state index in [2.05, 4.69) is 0 Å².